The molecule has 1 aromatic heterocycles. The molecular weight excluding hydrogens is 296 g/mol. The lowest BCUT2D eigenvalue weighted by Crippen LogP contribution is -2.47. The van der Waals surface area contributed by atoms with Gasteiger partial charge in [0.25, 0.3) is 0 Å². The molecule has 7 nitrogen and oxygen atoms in total. The zero-order valence-corrected chi connectivity index (χ0v) is 13.4. The second kappa shape index (κ2) is 8.21. The van der Waals surface area contributed by atoms with E-state index < -0.39 is 0 Å². The molecule has 0 saturated carbocycles. The second-order valence-electron chi connectivity index (χ2n) is 6.07. The molecule has 2 aliphatic heterocycles. The lowest BCUT2D eigenvalue weighted by molar-refractivity contribution is -0.136. The topological polar surface area (TPSA) is 67.8 Å². The maximum Gasteiger partial charge on any atom is 0.236 e. The van der Waals surface area contributed by atoms with Crippen LogP contribution in [0.1, 0.15) is 12.8 Å². The quantitative estimate of drug-likeness (QED) is 0.783. The van der Waals surface area contributed by atoms with Crippen molar-refractivity contribution in [3.05, 3.63) is 18.6 Å². The first-order chi connectivity index (χ1) is 11.3. The van der Waals surface area contributed by atoms with Crippen LogP contribution in [-0.2, 0) is 9.53 Å². The van der Waals surface area contributed by atoms with Crippen molar-refractivity contribution in [1.29, 1.82) is 0 Å². The standard InChI is InChI=1S/C16H24N4O3/c21-16(20-7-9-22-10-8-20)12-19-5-1-14(2-6-19)13-23-15-11-17-3-4-18-15/h3-4,11,14H,1-2,5-10,12-13H2. The molecule has 2 aliphatic rings. The summed E-state index contributed by atoms with van der Waals surface area (Å²) in [5, 5.41) is 0. The Bertz CT molecular complexity index is 485. The number of rotatable bonds is 5. The van der Waals surface area contributed by atoms with Gasteiger partial charge < -0.3 is 14.4 Å². The molecule has 0 atom stereocenters. The Morgan fingerprint density at radius 3 is 2.70 bits per heavy atom. The Morgan fingerprint density at radius 1 is 1.22 bits per heavy atom. The van der Waals surface area contributed by atoms with Gasteiger partial charge in [-0.1, -0.05) is 0 Å². The fourth-order valence-corrected chi connectivity index (χ4v) is 2.98. The number of aromatic nitrogens is 2. The molecule has 0 unspecified atom stereocenters. The summed E-state index contributed by atoms with van der Waals surface area (Å²) in [6.45, 7) is 5.86. The lowest BCUT2D eigenvalue weighted by Gasteiger charge is -2.34. The Hall–Kier alpha value is -1.73. The van der Waals surface area contributed by atoms with Crippen LogP contribution in [0.3, 0.4) is 0 Å². The van der Waals surface area contributed by atoms with Gasteiger partial charge in [0, 0.05) is 25.5 Å². The molecule has 0 N–H and O–H groups in total. The van der Waals surface area contributed by atoms with Crippen LogP contribution >= 0.6 is 0 Å². The zero-order chi connectivity index (χ0) is 15.9. The van der Waals surface area contributed by atoms with Gasteiger partial charge in [-0.25, -0.2) is 4.98 Å². The molecular formula is C16H24N4O3. The number of hydrogen-bond acceptors (Lipinski definition) is 6. The van der Waals surface area contributed by atoms with Gasteiger partial charge in [0.1, 0.15) is 0 Å². The fourth-order valence-electron chi connectivity index (χ4n) is 2.98. The minimum atomic E-state index is 0.225. The average molecular weight is 320 g/mol. The molecule has 0 radical (unpaired) electrons. The Balaban J connectivity index is 1.36. The van der Waals surface area contributed by atoms with Gasteiger partial charge in [0.15, 0.2) is 0 Å². The highest BCUT2D eigenvalue weighted by molar-refractivity contribution is 5.78. The SMILES string of the molecule is O=C(CN1CCC(COc2cnccn2)CC1)N1CCOCC1. The number of hydrogen-bond donors (Lipinski definition) is 0. The average Bonchev–Trinajstić information content (AvgIpc) is 2.63. The third-order valence-electron chi connectivity index (χ3n) is 4.44. The van der Waals surface area contributed by atoms with Crippen molar-refractivity contribution < 1.29 is 14.3 Å². The Labute approximate surface area is 136 Å². The van der Waals surface area contributed by atoms with Crippen LogP contribution in [0.15, 0.2) is 18.6 Å². The van der Waals surface area contributed by atoms with Gasteiger partial charge in [-0.05, 0) is 31.8 Å². The summed E-state index contributed by atoms with van der Waals surface area (Å²) in [5.41, 5.74) is 0. The van der Waals surface area contributed by atoms with Crippen molar-refractivity contribution >= 4 is 5.91 Å². The highest BCUT2D eigenvalue weighted by Crippen LogP contribution is 2.18. The number of ether oxygens (including phenoxy) is 2. The van der Waals surface area contributed by atoms with Crippen LogP contribution < -0.4 is 4.74 Å². The molecule has 0 aliphatic carbocycles. The fraction of sp³-hybridized carbons (Fsp3) is 0.688. The van der Waals surface area contributed by atoms with E-state index in [4.69, 9.17) is 9.47 Å². The minimum Gasteiger partial charge on any atom is -0.476 e. The largest absolute Gasteiger partial charge is 0.476 e. The third-order valence-corrected chi connectivity index (χ3v) is 4.44. The molecule has 126 valence electrons. The van der Waals surface area contributed by atoms with E-state index in [0.29, 0.717) is 38.2 Å². The summed E-state index contributed by atoms with van der Waals surface area (Å²) in [6, 6.07) is 0. The summed E-state index contributed by atoms with van der Waals surface area (Å²) >= 11 is 0. The van der Waals surface area contributed by atoms with Crippen LogP contribution in [0.25, 0.3) is 0 Å². The van der Waals surface area contributed by atoms with E-state index in [9.17, 15) is 4.79 Å². The summed E-state index contributed by atoms with van der Waals surface area (Å²) in [6.07, 6.45) is 7.01. The molecule has 3 heterocycles. The molecule has 3 rings (SSSR count). The second-order valence-corrected chi connectivity index (χ2v) is 6.07. The molecule has 0 aromatic carbocycles. The van der Waals surface area contributed by atoms with Gasteiger partial charge in [-0.3, -0.25) is 14.7 Å². The number of likely N-dealkylation sites (tertiary alicyclic amines) is 1. The van der Waals surface area contributed by atoms with Gasteiger partial charge >= 0.3 is 0 Å². The number of carbonyl (C=O) groups is 1. The summed E-state index contributed by atoms with van der Waals surface area (Å²) in [7, 11) is 0. The molecule has 2 fully saturated rings. The smallest absolute Gasteiger partial charge is 0.236 e. The zero-order valence-electron chi connectivity index (χ0n) is 13.4. The van der Waals surface area contributed by atoms with E-state index in [-0.39, 0.29) is 5.91 Å². The van der Waals surface area contributed by atoms with Crippen LogP contribution in [0.2, 0.25) is 0 Å². The van der Waals surface area contributed by atoms with E-state index in [1.807, 2.05) is 4.90 Å². The maximum absolute atomic E-state index is 12.2. The van der Waals surface area contributed by atoms with E-state index in [0.717, 1.165) is 39.0 Å². The normalized spacial score (nSPS) is 20.4. The van der Waals surface area contributed by atoms with Gasteiger partial charge in [-0.2, -0.15) is 0 Å². The van der Waals surface area contributed by atoms with E-state index >= 15 is 0 Å². The molecule has 2 saturated heterocycles. The van der Waals surface area contributed by atoms with E-state index in [1.165, 1.54) is 0 Å². The van der Waals surface area contributed by atoms with Gasteiger partial charge in [0.05, 0.1) is 32.6 Å². The predicted octanol–water partition coefficient (Wildman–Crippen LogP) is 0.426. The van der Waals surface area contributed by atoms with Crippen molar-refractivity contribution in [2.45, 2.75) is 12.8 Å². The third kappa shape index (κ3) is 4.87. The summed E-state index contributed by atoms with van der Waals surface area (Å²) in [5.74, 6) is 1.33. The molecule has 1 amide bonds. The van der Waals surface area contributed by atoms with Crippen molar-refractivity contribution in [2.24, 2.45) is 5.92 Å². The summed E-state index contributed by atoms with van der Waals surface area (Å²) < 4.78 is 11.0. The van der Waals surface area contributed by atoms with Crippen molar-refractivity contribution in [2.75, 3.05) is 52.5 Å². The predicted molar refractivity (Wildman–Crippen MR) is 84.1 cm³/mol. The highest BCUT2D eigenvalue weighted by Gasteiger charge is 2.24. The molecule has 7 heteroatoms. The van der Waals surface area contributed by atoms with Crippen LogP contribution in [0.4, 0.5) is 0 Å². The Kier molecular flexibility index (Phi) is 5.76. The van der Waals surface area contributed by atoms with Gasteiger partial charge in [-0.15, -0.1) is 0 Å². The van der Waals surface area contributed by atoms with E-state index in [1.54, 1.807) is 18.6 Å². The number of carbonyl (C=O) groups excluding carboxylic acids is 1. The van der Waals surface area contributed by atoms with E-state index in [2.05, 4.69) is 14.9 Å². The van der Waals surface area contributed by atoms with Crippen LogP contribution in [-0.4, -0.2) is 78.2 Å². The highest BCUT2D eigenvalue weighted by atomic mass is 16.5. The molecule has 0 bridgehead atoms. The van der Waals surface area contributed by atoms with Crippen LogP contribution in [0.5, 0.6) is 5.88 Å². The molecule has 1 aromatic rings. The maximum atomic E-state index is 12.2. The van der Waals surface area contributed by atoms with Crippen molar-refractivity contribution in [1.82, 2.24) is 19.8 Å². The number of piperidine rings is 1. The number of amides is 1. The first kappa shape index (κ1) is 16.1. The molecule has 23 heavy (non-hydrogen) atoms. The van der Waals surface area contributed by atoms with Crippen LogP contribution in [0, 0.1) is 5.92 Å². The Morgan fingerprint density at radius 2 is 2.00 bits per heavy atom. The number of morpholine rings is 1. The first-order valence-electron chi connectivity index (χ1n) is 8.28. The first-order valence-corrected chi connectivity index (χ1v) is 8.28. The van der Waals surface area contributed by atoms with Crippen molar-refractivity contribution in [3.8, 4) is 5.88 Å². The minimum absolute atomic E-state index is 0.225. The summed E-state index contributed by atoms with van der Waals surface area (Å²) in [4.78, 5) is 24.5. The van der Waals surface area contributed by atoms with Crippen molar-refractivity contribution in [3.63, 3.8) is 0 Å². The lowest BCUT2D eigenvalue weighted by atomic mass is 9.98. The molecule has 0 spiro atoms. The number of nitrogens with zero attached hydrogens (tertiary/aromatic N) is 4. The van der Waals surface area contributed by atoms with Gasteiger partial charge in [0.2, 0.25) is 11.8 Å². The monoisotopic (exact) mass is 320 g/mol.